The van der Waals surface area contributed by atoms with E-state index >= 15 is 0 Å². The molecule has 1 amide bonds. The molecule has 2 aliphatic rings. The molecular weight excluding hydrogens is 356 g/mol. The molecule has 1 fully saturated rings. The molecule has 0 saturated carbocycles. The van der Waals surface area contributed by atoms with Crippen molar-refractivity contribution in [3.63, 3.8) is 0 Å². The monoisotopic (exact) mass is 382 g/mol. The molecule has 2 aliphatic heterocycles. The standard InChI is InChI=1S/C22H26N2O4/c1-14-12-16(9-11-24(14)27)15-7-8-18-17(13-15)20(21(26)22(2,3)28-18)23-10-5-4-6-19(23)25/h7-9,11-13,20-21,26H,4-6,10H2,1-3H3/t20-,21+/m1/s1. The summed E-state index contributed by atoms with van der Waals surface area (Å²) in [4.78, 5) is 14.4. The Morgan fingerprint density at radius 1 is 1.21 bits per heavy atom. The normalized spacial score (nSPS) is 23.9. The first-order valence-corrected chi connectivity index (χ1v) is 9.78. The molecular formula is C22H26N2O4. The molecule has 148 valence electrons. The van der Waals surface area contributed by atoms with Gasteiger partial charge in [0, 0.05) is 37.6 Å². The van der Waals surface area contributed by atoms with Crippen LogP contribution in [0.15, 0.2) is 36.5 Å². The maximum Gasteiger partial charge on any atom is 0.223 e. The fraction of sp³-hybridized carbons (Fsp3) is 0.455. The maximum absolute atomic E-state index is 12.6. The summed E-state index contributed by atoms with van der Waals surface area (Å²) in [6.07, 6.45) is 3.00. The second-order valence-electron chi connectivity index (χ2n) is 8.27. The minimum atomic E-state index is -0.835. The van der Waals surface area contributed by atoms with Crippen molar-refractivity contribution in [1.29, 1.82) is 0 Å². The highest BCUT2D eigenvalue weighted by Gasteiger charge is 2.47. The van der Waals surface area contributed by atoms with Crippen LogP contribution in [0.2, 0.25) is 0 Å². The Morgan fingerprint density at radius 3 is 2.68 bits per heavy atom. The number of carbonyl (C=O) groups is 1. The predicted octanol–water partition coefficient (Wildman–Crippen LogP) is 2.88. The van der Waals surface area contributed by atoms with E-state index < -0.39 is 17.7 Å². The molecule has 4 rings (SSSR count). The number of pyridine rings is 1. The summed E-state index contributed by atoms with van der Waals surface area (Å²) in [6, 6.07) is 8.98. The molecule has 1 aromatic heterocycles. The molecule has 1 saturated heterocycles. The third-order valence-corrected chi connectivity index (χ3v) is 5.84. The second kappa shape index (κ2) is 6.78. The van der Waals surface area contributed by atoms with Crippen LogP contribution in [0, 0.1) is 12.1 Å². The van der Waals surface area contributed by atoms with E-state index in [-0.39, 0.29) is 5.91 Å². The molecule has 3 heterocycles. The highest BCUT2D eigenvalue weighted by Crippen LogP contribution is 2.45. The Kier molecular flexibility index (Phi) is 4.54. The van der Waals surface area contributed by atoms with Gasteiger partial charge in [0.05, 0.1) is 6.04 Å². The van der Waals surface area contributed by atoms with Gasteiger partial charge in [-0.25, -0.2) is 0 Å². The van der Waals surface area contributed by atoms with Gasteiger partial charge >= 0.3 is 0 Å². The number of rotatable bonds is 2. The number of nitrogens with zero attached hydrogens (tertiary/aromatic N) is 2. The van der Waals surface area contributed by atoms with Gasteiger partial charge in [0.25, 0.3) is 0 Å². The van der Waals surface area contributed by atoms with Gasteiger partial charge in [-0.15, -0.1) is 0 Å². The first kappa shape index (κ1) is 18.7. The number of hydrogen-bond donors (Lipinski definition) is 1. The number of fused-ring (bicyclic) bond motifs is 1. The number of aryl methyl sites for hydroxylation is 1. The molecule has 0 spiro atoms. The lowest BCUT2D eigenvalue weighted by Gasteiger charge is -2.47. The minimum absolute atomic E-state index is 0.0762. The van der Waals surface area contributed by atoms with E-state index in [1.54, 1.807) is 13.0 Å². The van der Waals surface area contributed by atoms with Crippen LogP contribution in [0.1, 0.15) is 50.4 Å². The predicted molar refractivity (Wildman–Crippen MR) is 105 cm³/mol. The van der Waals surface area contributed by atoms with Gasteiger partial charge < -0.3 is 20.0 Å². The van der Waals surface area contributed by atoms with Crippen molar-refractivity contribution in [2.75, 3.05) is 6.54 Å². The van der Waals surface area contributed by atoms with Crippen molar-refractivity contribution >= 4 is 5.91 Å². The molecule has 28 heavy (non-hydrogen) atoms. The highest BCUT2D eigenvalue weighted by atomic mass is 16.5. The van der Waals surface area contributed by atoms with Crippen LogP contribution in [0.4, 0.5) is 0 Å². The summed E-state index contributed by atoms with van der Waals surface area (Å²) < 4.78 is 6.91. The van der Waals surface area contributed by atoms with Crippen molar-refractivity contribution in [2.24, 2.45) is 0 Å². The molecule has 6 heteroatoms. The third kappa shape index (κ3) is 3.11. The van der Waals surface area contributed by atoms with Crippen molar-refractivity contribution in [3.05, 3.63) is 53.0 Å². The van der Waals surface area contributed by atoms with E-state index in [0.29, 0.717) is 24.4 Å². The zero-order valence-corrected chi connectivity index (χ0v) is 16.5. The van der Waals surface area contributed by atoms with Gasteiger partial charge in [-0.1, -0.05) is 6.07 Å². The van der Waals surface area contributed by atoms with E-state index in [2.05, 4.69) is 0 Å². The van der Waals surface area contributed by atoms with Crippen LogP contribution in [0.5, 0.6) is 5.75 Å². The molecule has 0 aliphatic carbocycles. The number of aromatic nitrogens is 1. The quantitative estimate of drug-likeness (QED) is 0.640. The summed E-state index contributed by atoms with van der Waals surface area (Å²) in [5.74, 6) is 0.765. The van der Waals surface area contributed by atoms with Crippen molar-refractivity contribution in [2.45, 2.75) is 57.8 Å². The Balaban J connectivity index is 1.82. The van der Waals surface area contributed by atoms with Gasteiger partial charge in [-0.2, -0.15) is 4.73 Å². The van der Waals surface area contributed by atoms with E-state index in [1.807, 2.05) is 43.0 Å². The highest BCUT2D eigenvalue weighted by molar-refractivity contribution is 5.78. The first-order chi connectivity index (χ1) is 13.3. The number of hydrogen-bond acceptors (Lipinski definition) is 4. The van der Waals surface area contributed by atoms with Gasteiger partial charge in [0.15, 0.2) is 11.9 Å². The maximum atomic E-state index is 12.6. The number of amides is 1. The lowest BCUT2D eigenvalue weighted by atomic mass is 9.83. The Bertz CT molecular complexity index is 925. The van der Waals surface area contributed by atoms with E-state index in [9.17, 15) is 15.1 Å². The molecule has 0 bridgehead atoms. The number of piperidine rings is 1. The Labute approximate surface area is 164 Å². The topological polar surface area (TPSA) is 76.7 Å². The summed E-state index contributed by atoms with van der Waals surface area (Å²) in [6.45, 7) is 6.10. The summed E-state index contributed by atoms with van der Waals surface area (Å²) in [7, 11) is 0. The average molecular weight is 382 g/mol. The van der Waals surface area contributed by atoms with E-state index in [1.165, 1.54) is 6.20 Å². The van der Waals surface area contributed by atoms with Crippen LogP contribution in [-0.2, 0) is 4.79 Å². The van der Waals surface area contributed by atoms with Crippen LogP contribution in [-0.4, -0.2) is 34.2 Å². The van der Waals surface area contributed by atoms with Gasteiger partial charge in [0.2, 0.25) is 5.91 Å². The van der Waals surface area contributed by atoms with Crippen molar-refractivity contribution < 1.29 is 19.4 Å². The SMILES string of the molecule is Cc1cc(-c2ccc3c(c2)[C@@H](N2CCCCC2=O)[C@H](O)C(C)(C)O3)cc[n+]1[O-]. The summed E-state index contributed by atoms with van der Waals surface area (Å²) >= 11 is 0. The fourth-order valence-electron chi connectivity index (χ4n) is 4.19. The van der Waals surface area contributed by atoms with Gasteiger partial charge in [0.1, 0.15) is 17.5 Å². The zero-order chi connectivity index (χ0) is 20.1. The van der Waals surface area contributed by atoms with Gasteiger partial charge in [-0.3, -0.25) is 4.79 Å². The summed E-state index contributed by atoms with van der Waals surface area (Å²) in [5, 5.41) is 22.8. The number of ether oxygens (including phenoxy) is 1. The number of benzene rings is 1. The lowest BCUT2D eigenvalue weighted by Crippen LogP contribution is -2.55. The largest absolute Gasteiger partial charge is 0.619 e. The zero-order valence-electron chi connectivity index (χ0n) is 16.5. The van der Waals surface area contributed by atoms with Crippen molar-refractivity contribution in [3.8, 4) is 16.9 Å². The molecule has 0 radical (unpaired) electrons. The van der Waals surface area contributed by atoms with Crippen LogP contribution in [0.3, 0.4) is 0 Å². The van der Waals surface area contributed by atoms with Crippen LogP contribution in [0.25, 0.3) is 11.1 Å². The second-order valence-corrected chi connectivity index (χ2v) is 8.27. The minimum Gasteiger partial charge on any atom is -0.619 e. The molecule has 6 nitrogen and oxygen atoms in total. The number of likely N-dealkylation sites (tertiary alicyclic amines) is 1. The third-order valence-electron chi connectivity index (χ3n) is 5.84. The molecule has 0 unspecified atom stereocenters. The molecule has 1 aromatic carbocycles. The number of carbonyl (C=O) groups excluding carboxylic acids is 1. The lowest BCUT2D eigenvalue weighted by molar-refractivity contribution is -0.612. The van der Waals surface area contributed by atoms with Crippen molar-refractivity contribution in [1.82, 2.24) is 4.90 Å². The summed E-state index contributed by atoms with van der Waals surface area (Å²) in [5.41, 5.74) is 2.46. The van der Waals surface area contributed by atoms with Crippen LogP contribution < -0.4 is 9.47 Å². The van der Waals surface area contributed by atoms with Crippen LogP contribution >= 0.6 is 0 Å². The fourth-order valence-corrected chi connectivity index (χ4v) is 4.19. The van der Waals surface area contributed by atoms with E-state index in [4.69, 9.17) is 4.74 Å². The molecule has 1 N–H and O–H groups in total. The Hall–Kier alpha value is -2.60. The smallest absolute Gasteiger partial charge is 0.223 e. The molecule has 2 atom stereocenters. The average Bonchev–Trinajstić information content (AvgIpc) is 2.66. The van der Waals surface area contributed by atoms with Gasteiger partial charge in [-0.05, 0) is 49.9 Å². The number of aliphatic hydroxyl groups is 1. The number of aliphatic hydroxyl groups excluding tert-OH is 1. The Morgan fingerprint density at radius 2 is 1.96 bits per heavy atom. The van der Waals surface area contributed by atoms with E-state index in [0.717, 1.165) is 34.3 Å². The first-order valence-electron chi connectivity index (χ1n) is 9.78. The molecule has 2 aromatic rings.